The molecule has 0 amide bonds. The van der Waals surface area contributed by atoms with Gasteiger partial charge in [-0.3, -0.25) is 4.79 Å². The molecular weight excluding hydrogens is 244 g/mol. The number of carbonyl (C=O) groups is 1. The first-order valence-corrected chi connectivity index (χ1v) is 5.92. The third-order valence-electron chi connectivity index (χ3n) is 2.67. The highest BCUT2D eigenvalue weighted by molar-refractivity contribution is 6.12. The Morgan fingerprint density at radius 3 is 2.37 bits per heavy atom. The zero-order valence-electron chi connectivity index (χ0n) is 10.5. The lowest BCUT2D eigenvalue weighted by Gasteiger charge is -2.08. The first-order valence-electron chi connectivity index (χ1n) is 5.92. The van der Waals surface area contributed by atoms with E-state index in [-0.39, 0.29) is 22.6 Å². The standard InChI is InChI=1S/C15H14O4/c1-2-19-10-7-8-12(14(17)9-10)15(18)11-5-3-4-6-13(11)16/h3-9,16-17H,2H2,1H3. The largest absolute Gasteiger partial charge is 0.507 e. The van der Waals surface area contributed by atoms with Gasteiger partial charge in [0.05, 0.1) is 17.7 Å². The monoisotopic (exact) mass is 258 g/mol. The SMILES string of the molecule is CCOc1ccc(C(=O)c2ccccc2O)c(O)c1. The molecule has 0 aliphatic carbocycles. The third kappa shape index (κ3) is 2.68. The summed E-state index contributed by atoms with van der Waals surface area (Å²) in [6.07, 6.45) is 0. The molecular formula is C15H14O4. The first kappa shape index (κ1) is 13.0. The minimum absolute atomic E-state index is 0.110. The van der Waals surface area contributed by atoms with Gasteiger partial charge in [0.25, 0.3) is 0 Å². The van der Waals surface area contributed by atoms with Gasteiger partial charge in [-0.15, -0.1) is 0 Å². The van der Waals surface area contributed by atoms with Gasteiger partial charge < -0.3 is 14.9 Å². The van der Waals surface area contributed by atoms with E-state index in [1.165, 1.54) is 24.3 Å². The van der Waals surface area contributed by atoms with Crippen LogP contribution < -0.4 is 4.74 Å². The van der Waals surface area contributed by atoms with Crippen LogP contribution >= 0.6 is 0 Å². The van der Waals surface area contributed by atoms with E-state index in [9.17, 15) is 15.0 Å². The molecule has 0 fully saturated rings. The Balaban J connectivity index is 2.37. The second kappa shape index (κ2) is 5.44. The fraction of sp³-hybridized carbons (Fsp3) is 0.133. The Hall–Kier alpha value is -2.49. The van der Waals surface area contributed by atoms with Crippen LogP contribution in [0.25, 0.3) is 0 Å². The maximum Gasteiger partial charge on any atom is 0.200 e. The zero-order chi connectivity index (χ0) is 13.8. The number of hydrogen-bond donors (Lipinski definition) is 2. The minimum Gasteiger partial charge on any atom is -0.507 e. The highest BCUT2D eigenvalue weighted by Crippen LogP contribution is 2.28. The molecule has 0 spiro atoms. The van der Waals surface area contributed by atoms with Crippen molar-refractivity contribution in [3.05, 3.63) is 53.6 Å². The second-order valence-electron chi connectivity index (χ2n) is 3.96. The van der Waals surface area contributed by atoms with Crippen LogP contribution in [0.2, 0.25) is 0 Å². The molecule has 0 aliphatic rings. The van der Waals surface area contributed by atoms with Crippen molar-refractivity contribution >= 4 is 5.78 Å². The van der Waals surface area contributed by atoms with Crippen LogP contribution in [0.5, 0.6) is 17.2 Å². The zero-order valence-corrected chi connectivity index (χ0v) is 10.5. The number of rotatable bonds is 4. The van der Waals surface area contributed by atoms with Crippen molar-refractivity contribution in [1.29, 1.82) is 0 Å². The molecule has 2 rings (SSSR count). The number of benzene rings is 2. The van der Waals surface area contributed by atoms with Crippen LogP contribution in [-0.2, 0) is 0 Å². The normalized spacial score (nSPS) is 10.2. The Morgan fingerprint density at radius 2 is 1.74 bits per heavy atom. The lowest BCUT2D eigenvalue weighted by molar-refractivity contribution is 0.103. The molecule has 2 aromatic rings. The summed E-state index contributed by atoms with van der Waals surface area (Å²) in [6.45, 7) is 2.31. The number of carbonyl (C=O) groups excluding carboxylic acids is 1. The molecule has 0 saturated heterocycles. The van der Waals surface area contributed by atoms with Gasteiger partial charge in [-0.05, 0) is 31.2 Å². The van der Waals surface area contributed by atoms with Crippen LogP contribution in [0.3, 0.4) is 0 Å². The van der Waals surface area contributed by atoms with Gasteiger partial charge in [0, 0.05) is 6.07 Å². The average molecular weight is 258 g/mol. The van der Waals surface area contributed by atoms with Crippen molar-refractivity contribution in [2.45, 2.75) is 6.92 Å². The van der Waals surface area contributed by atoms with Crippen molar-refractivity contribution in [2.24, 2.45) is 0 Å². The summed E-state index contributed by atoms with van der Waals surface area (Å²) >= 11 is 0. The van der Waals surface area contributed by atoms with Gasteiger partial charge in [-0.25, -0.2) is 0 Å². The summed E-state index contributed by atoms with van der Waals surface area (Å²) in [4.78, 5) is 12.2. The van der Waals surface area contributed by atoms with Crippen molar-refractivity contribution in [3.8, 4) is 17.2 Å². The van der Waals surface area contributed by atoms with E-state index in [4.69, 9.17) is 4.74 Å². The van der Waals surface area contributed by atoms with E-state index in [2.05, 4.69) is 0 Å². The van der Waals surface area contributed by atoms with E-state index in [1.807, 2.05) is 6.92 Å². The van der Waals surface area contributed by atoms with Gasteiger partial charge in [0.15, 0.2) is 5.78 Å². The molecule has 0 aliphatic heterocycles. The number of phenols is 2. The number of ether oxygens (including phenoxy) is 1. The Bertz CT molecular complexity index is 605. The summed E-state index contributed by atoms with van der Waals surface area (Å²) in [7, 11) is 0. The quantitative estimate of drug-likeness (QED) is 0.827. The molecule has 0 saturated carbocycles. The summed E-state index contributed by atoms with van der Waals surface area (Å²) in [5.41, 5.74) is 0.284. The number of hydrogen-bond acceptors (Lipinski definition) is 4. The predicted molar refractivity (Wildman–Crippen MR) is 70.8 cm³/mol. The van der Waals surface area contributed by atoms with Crippen LogP contribution in [0, 0.1) is 0 Å². The van der Waals surface area contributed by atoms with Crippen LogP contribution in [0.1, 0.15) is 22.8 Å². The first-order chi connectivity index (χ1) is 9.13. The molecule has 19 heavy (non-hydrogen) atoms. The maximum absolute atomic E-state index is 12.2. The molecule has 98 valence electrons. The Labute approximate surface area is 110 Å². The summed E-state index contributed by atoms with van der Waals surface area (Å²) in [5.74, 6) is -0.215. The van der Waals surface area contributed by atoms with Crippen molar-refractivity contribution in [1.82, 2.24) is 0 Å². The summed E-state index contributed by atoms with van der Waals surface area (Å²) in [5, 5.41) is 19.5. The van der Waals surface area contributed by atoms with E-state index >= 15 is 0 Å². The van der Waals surface area contributed by atoms with E-state index in [0.717, 1.165) is 0 Å². The number of ketones is 1. The third-order valence-corrected chi connectivity index (χ3v) is 2.67. The molecule has 0 radical (unpaired) electrons. The molecule has 0 unspecified atom stereocenters. The number of phenolic OH excluding ortho intramolecular Hbond substituents is 2. The second-order valence-corrected chi connectivity index (χ2v) is 3.96. The molecule has 4 nitrogen and oxygen atoms in total. The highest BCUT2D eigenvalue weighted by Gasteiger charge is 2.17. The molecule has 0 heterocycles. The van der Waals surface area contributed by atoms with Gasteiger partial charge in [-0.2, -0.15) is 0 Å². The maximum atomic E-state index is 12.2. The summed E-state index contributed by atoms with van der Waals surface area (Å²) < 4.78 is 5.23. The van der Waals surface area contributed by atoms with Gasteiger partial charge in [0.1, 0.15) is 17.2 Å². The Kier molecular flexibility index (Phi) is 3.71. The lowest BCUT2D eigenvalue weighted by atomic mass is 10.0. The number of aromatic hydroxyl groups is 2. The fourth-order valence-corrected chi connectivity index (χ4v) is 1.77. The fourth-order valence-electron chi connectivity index (χ4n) is 1.77. The van der Waals surface area contributed by atoms with Crippen LogP contribution in [-0.4, -0.2) is 22.6 Å². The minimum atomic E-state index is -0.432. The topological polar surface area (TPSA) is 66.8 Å². The van der Waals surface area contributed by atoms with E-state index < -0.39 is 5.78 Å². The van der Waals surface area contributed by atoms with Crippen molar-refractivity contribution < 1.29 is 19.7 Å². The van der Waals surface area contributed by atoms with E-state index in [0.29, 0.717) is 12.4 Å². The van der Waals surface area contributed by atoms with E-state index in [1.54, 1.807) is 18.2 Å². The number of para-hydroxylation sites is 1. The molecule has 0 atom stereocenters. The summed E-state index contributed by atoms with van der Waals surface area (Å²) in [6, 6.07) is 10.7. The predicted octanol–water partition coefficient (Wildman–Crippen LogP) is 2.73. The molecule has 0 aromatic heterocycles. The molecule has 4 heteroatoms. The molecule has 2 N–H and O–H groups in total. The van der Waals surface area contributed by atoms with Gasteiger partial charge >= 0.3 is 0 Å². The Morgan fingerprint density at radius 1 is 1.05 bits per heavy atom. The van der Waals surface area contributed by atoms with Crippen molar-refractivity contribution in [2.75, 3.05) is 6.61 Å². The van der Waals surface area contributed by atoms with Crippen LogP contribution in [0.4, 0.5) is 0 Å². The van der Waals surface area contributed by atoms with Gasteiger partial charge in [0.2, 0.25) is 0 Å². The molecule has 0 bridgehead atoms. The van der Waals surface area contributed by atoms with Gasteiger partial charge in [-0.1, -0.05) is 12.1 Å². The smallest absolute Gasteiger partial charge is 0.200 e. The average Bonchev–Trinajstić information content (AvgIpc) is 2.39. The highest BCUT2D eigenvalue weighted by atomic mass is 16.5. The van der Waals surface area contributed by atoms with Crippen LogP contribution in [0.15, 0.2) is 42.5 Å². The molecule has 2 aromatic carbocycles. The lowest BCUT2D eigenvalue weighted by Crippen LogP contribution is -2.02. The van der Waals surface area contributed by atoms with Crippen molar-refractivity contribution in [3.63, 3.8) is 0 Å².